The van der Waals surface area contributed by atoms with Crippen molar-refractivity contribution in [2.24, 2.45) is 5.92 Å². The summed E-state index contributed by atoms with van der Waals surface area (Å²) in [5.41, 5.74) is 4.51. The van der Waals surface area contributed by atoms with Gasteiger partial charge in [0.1, 0.15) is 0 Å². The molecule has 1 aliphatic heterocycles. The first-order chi connectivity index (χ1) is 12.1. The molecular weight excluding hydrogens is 314 g/mol. The lowest BCUT2D eigenvalue weighted by Crippen LogP contribution is -2.44. The van der Waals surface area contributed by atoms with Gasteiger partial charge < -0.3 is 9.64 Å². The predicted molar refractivity (Wildman–Crippen MR) is 95.2 cm³/mol. The summed E-state index contributed by atoms with van der Waals surface area (Å²) in [7, 11) is 0. The highest BCUT2D eigenvalue weighted by Crippen LogP contribution is 2.36. The molecule has 1 aromatic heterocycles. The van der Waals surface area contributed by atoms with Crippen LogP contribution in [0.3, 0.4) is 0 Å². The first-order valence-electron chi connectivity index (χ1n) is 9.11. The normalized spacial score (nSPS) is 20.7. The number of ether oxygens (including phenoxy) is 1. The maximum absolute atomic E-state index is 12.7. The molecule has 1 atom stereocenters. The maximum Gasteiger partial charge on any atom is 0.226 e. The highest BCUT2D eigenvalue weighted by molar-refractivity contribution is 5.81. The SMILES string of the molecule is Cc1nn(Cc2ccccc2)c(C)c1[C@H]1COCCN1C(=O)C1CC1. The van der Waals surface area contributed by atoms with Crippen molar-refractivity contribution in [1.29, 1.82) is 0 Å². The van der Waals surface area contributed by atoms with Crippen LogP contribution in [0, 0.1) is 19.8 Å². The predicted octanol–water partition coefficient (Wildman–Crippen LogP) is 2.86. The summed E-state index contributed by atoms with van der Waals surface area (Å²) >= 11 is 0. The number of nitrogens with zero attached hydrogens (tertiary/aromatic N) is 3. The molecule has 2 fully saturated rings. The molecule has 0 radical (unpaired) electrons. The third kappa shape index (κ3) is 3.21. The van der Waals surface area contributed by atoms with E-state index < -0.39 is 0 Å². The van der Waals surface area contributed by atoms with Crippen LogP contribution >= 0.6 is 0 Å². The minimum absolute atomic E-state index is 0.00799. The average Bonchev–Trinajstić information content (AvgIpc) is 3.43. The first kappa shape index (κ1) is 16.3. The second-order valence-electron chi connectivity index (χ2n) is 7.12. The Bertz CT molecular complexity index is 765. The highest BCUT2D eigenvalue weighted by Gasteiger charge is 2.39. The zero-order chi connectivity index (χ0) is 17.4. The highest BCUT2D eigenvalue weighted by atomic mass is 16.5. The van der Waals surface area contributed by atoms with Gasteiger partial charge in [0.15, 0.2) is 0 Å². The summed E-state index contributed by atoms with van der Waals surface area (Å²) in [6.45, 7) is 6.77. The summed E-state index contributed by atoms with van der Waals surface area (Å²) in [5.74, 6) is 0.531. The van der Waals surface area contributed by atoms with Gasteiger partial charge in [-0.3, -0.25) is 9.48 Å². The Morgan fingerprint density at radius 3 is 2.72 bits per heavy atom. The Morgan fingerprint density at radius 2 is 2.00 bits per heavy atom. The van der Waals surface area contributed by atoms with Crippen LogP contribution in [0.4, 0.5) is 0 Å². The van der Waals surface area contributed by atoms with Crippen molar-refractivity contribution in [3.8, 4) is 0 Å². The number of carbonyl (C=O) groups excluding carboxylic acids is 1. The molecule has 2 aliphatic rings. The summed E-state index contributed by atoms with van der Waals surface area (Å²) in [5, 5.41) is 4.76. The van der Waals surface area contributed by atoms with Crippen molar-refractivity contribution in [1.82, 2.24) is 14.7 Å². The molecule has 1 amide bonds. The van der Waals surface area contributed by atoms with Crippen LogP contribution in [0.5, 0.6) is 0 Å². The number of morpholine rings is 1. The van der Waals surface area contributed by atoms with Gasteiger partial charge in [0.05, 0.1) is 31.5 Å². The minimum atomic E-state index is -0.00799. The van der Waals surface area contributed by atoms with Crippen LogP contribution in [0.2, 0.25) is 0 Å². The molecule has 132 valence electrons. The van der Waals surface area contributed by atoms with E-state index in [0.29, 0.717) is 25.7 Å². The zero-order valence-electron chi connectivity index (χ0n) is 14.9. The van der Waals surface area contributed by atoms with Crippen molar-refractivity contribution in [2.45, 2.75) is 39.3 Å². The molecule has 0 spiro atoms. The fraction of sp³-hybridized carbons (Fsp3) is 0.500. The van der Waals surface area contributed by atoms with Crippen LogP contribution in [0.1, 0.15) is 41.4 Å². The standard InChI is InChI=1S/C20H25N3O2/c1-14-19(15(2)23(21-14)12-16-6-4-3-5-7-16)18-13-25-11-10-22(18)20(24)17-8-9-17/h3-7,17-18H,8-13H2,1-2H3/t18-/m1/s1. The second kappa shape index (κ2) is 6.64. The number of aryl methyl sites for hydroxylation is 1. The van der Waals surface area contributed by atoms with E-state index >= 15 is 0 Å². The van der Waals surface area contributed by atoms with E-state index in [4.69, 9.17) is 9.84 Å². The molecule has 1 saturated carbocycles. The van der Waals surface area contributed by atoms with Crippen LogP contribution in [0.15, 0.2) is 30.3 Å². The fourth-order valence-corrected chi connectivity index (χ4v) is 3.77. The molecule has 1 aliphatic carbocycles. The molecule has 25 heavy (non-hydrogen) atoms. The van der Waals surface area contributed by atoms with Crippen LogP contribution in [-0.4, -0.2) is 40.3 Å². The number of carbonyl (C=O) groups is 1. The maximum atomic E-state index is 12.7. The second-order valence-corrected chi connectivity index (χ2v) is 7.12. The molecule has 5 nitrogen and oxygen atoms in total. The minimum Gasteiger partial charge on any atom is -0.377 e. The van der Waals surface area contributed by atoms with E-state index in [2.05, 4.69) is 19.1 Å². The topological polar surface area (TPSA) is 47.4 Å². The molecular formula is C20H25N3O2. The van der Waals surface area contributed by atoms with Gasteiger partial charge >= 0.3 is 0 Å². The van der Waals surface area contributed by atoms with Gasteiger partial charge in [0, 0.05) is 23.7 Å². The Balaban J connectivity index is 1.63. The summed E-state index contributed by atoms with van der Waals surface area (Å²) < 4.78 is 7.77. The van der Waals surface area contributed by atoms with E-state index in [9.17, 15) is 4.79 Å². The average molecular weight is 339 g/mol. The van der Waals surface area contributed by atoms with Gasteiger partial charge in [-0.25, -0.2) is 0 Å². The van der Waals surface area contributed by atoms with E-state index in [1.807, 2.05) is 34.7 Å². The Labute approximate surface area is 148 Å². The van der Waals surface area contributed by atoms with Crippen molar-refractivity contribution < 1.29 is 9.53 Å². The van der Waals surface area contributed by atoms with E-state index in [-0.39, 0.29) is 12.0 Å². The molecule has 1 aromatic carbocycles. The van der Waals surface area contributed by atoms with Gasteiger partial charge in [-0.1, -0.05) is 30.3 Å². The van der Waals surface area contributed by atoms with Crippen molar-refractivity contribution in [3.63, 3.8) is 0 Å². The lowest BCUT2D eigenvalue weighted by Gasteiger charge is -2.36. The Morgan fingerprint density at radius 1 is 1.24 bits per heavy atom. The van der Waals surface area contributed by atoms with Gasteiger partial charge in [0.2, 0.25) is 5.91 Å². The van der Waals surface area contributed by atoms with E-state index in [1.165, 1.54) is 5.56 Å². The van der Waals surface area contributed by atoms with E-state index in [0.717, 1.165) is 36.3 Å². The smallest absolute Gasteiger partial charge is 0.226 e. The van der Waals surface area contributed by atoms with Crippen molar-refractivity contribution in [2.75, 3.05) is 19.8 Å². The number of amides is 1. The number of benzene rings is 1. The molecule has 4 rings (SSSR count). The lowest BCUT2D eigenvalue weighted by atomic mass is 10.0. The monoisotopic (exact) mass is 339 g/mol. The van der Waals surface area contributed by atoms with Crippen LogP contribution in [0.25, 0.3) is 0 Å². The van der Waals surface area contributed by atoms with Gasteiger partial charge in [0.25, 0.3) is 0 Å². The zero-order valence-corrected chi connectivity index (χ0v) is 14.9. The summed E-state index contributed by atoms with van der Waals surface area (Å²) in [6, 6.07) is 10.3. The quantitative estimate of drug-likeness (QED) is 0.860. The molecule has 2 heterocycles. The van der Waals surface area contributed by atoms with Crippen molar-refractivity contribution >= 4 is 5.91 Å². The molecule has 0 unspecified atom stereocenters. The van der Waals surface area contributed by atoms with Gasteiger partial charge in [-0.05, 0) is 32.3 Å². The van der Waals surface area contributed by atoms with E-state index in [1.54, 1.807) is 0 Å². The molecule has 0 N–H and O–H groups in total. The molecule has 0 bridgehead atoms. The number of rotatable bonds is 4. The van der Waals surface area contributed by atoms with Crippen molar-refractivity contribution in [3.05, 3.63) is 52.8 Å². The lowest BCUT2D eigenvalue weighted by molar-refractivity contribution is -0.141. The van der Waals surface area contributed by atoms with Crippen LogP contribution in [-0.2, 0) is 16.1 Å². The van der Waals surface area contributed by atoms with Crippen LogP contribution < -0.4 is 0 Å². The largest absolute Gasteiger partial charge is 0.377 e. The summed E-state index contributed by atoms with van der Waals surface area (Å²) in [6.07, 6.45) is 2.07. The summed E-state index contributed by atoms with van der Waals surface area (Å²) in [4.78, 5) is 14.7. The van der Waals surface area contributed by atoms with Gasteiger partial charge in [-0.15, -0.1) is 0 Å². The van der Waals surface area contributed by atoms with Gasteiger partial charge in [-0.2, -0.15) is 5.10 Å². The fourth-order valence-electron chi connectivity index (χ4n) is 3.77. The number of aromatic nitrogens is 2. The Hall–Kier alpha value is -2.14. The Kier molecular flexibility index (Phi) is 4.34. The third-order valence-corrected chi connectivity index (χ3v) is 5.28. The molecule has 1 saturated heterocycles. The first-order valence-corrected chi connectivity index (χ1v) is 9.11. The molecule has 5 heteroatoms. The molecule has 2 aromatic rings. The number of hydrogen-bond acceptors (Lipinski definition) is 3. The number of hydrogen-bond donors (Lipinski definition) is 0. The third-order valence-electron chi connectivity index (χ3n) is 5.28.